The number of benzene rings is 1. The number of piperidine rings is 1. The molecular formula is C13H16N2O5. The molecule has 1 aromatic carbocycles. The van der Waals surface area contributed by atoms with E-state index in [2.05, 4.69) is 0 Å². The van der Waals surface area contributed by atoms with E-state index in [0.29, 0.717) is 19.5 Å². The lowest BCUT2D eigenvalue weighted by Gasteiger charge is -2.34. The fourth-order valence-corrected chi connectivity index (χ4v) is 2.31. The number of nitrogens with zero attached hydrogens (tertiary/aromatic N) is 2. The number of carbonyl (C=O) groups is 1. The maximum atomic E-state index is 12.2. The van der Waals surface area contributed by atoms with Crippen LogP contribution in [-0.4, -0.2) is 45.1 Å². The molecular weight excluding hydrogens is 264 g/mol. The van der Waals surface area contributed by atoms with Crippen molar-refractivity contribution in [1.82, 2.24) is 4.90 Å². The predicted octanol–water partition coefficient (Wildman–Crippen LogP) is 1.14. The Morgan fingerprint density at radius 3 is 2.75 bits per heavy atom. The van der Waals surface area contributed by atoms with Gasteiger partial charge < -0.3 is 15.1 Å². The van der Waals surface area contributed by atoms with E-state index in [0.717, 1.165) is 12.1 Å². The molecule has 2 unspecified atom stereocenters. The highest BCUT2D eigenvalue weighted by molar-refractivity contribution is 5.95. The topological polar surface area (TPSA) is 104 Å². The average Bonchev–Trinajstić information content (AvgIpc) is 2.40. The summed E-state index contributed by atoms with van der Waals surface area (Å²) < 4.78 is 0. The number of nitro benzene ring substituents is 1. The van der Waals surface area contributed by atoms with Gasteiger partial charge in [0.15, 0.2) is 5.75 Å². The second-order valence-electron chi connectivity index (χ2n) is 5.05. The number of carbonyl (C=O) groups excluding carboxylic acids is 1. The first kappa shape index (κ1) is 14.3. The fourth-order valence-electron chi connectivity index (χ4n) is 2.31. The zero-order valence-electron chi connectivity index (χ0n) is 11.0. The van der Waals surface area contributed by atoms with Gasteiger partial charge in [0.25, 0.3) is 5.91 Å². The summed E-state index contributed by atoms with van der Waals surface area (Å²) in [7, 11) is 0. The van der Waals surface area contributed by atoms with Gasteiger partial charge in [0.2, 0.25) is 0 Å². The summed E-state index contributed by atoms with van der Waals surface area (Å²) in [4.78, 5) is 23.7. The maximum absolute atomic E-state index is 12.2. The quantitative estimate of drug-likeness (QED) is 0.624. The van der Waals surface area contributed by atoms with Crippen LogP contribution in [0, 0.1) is 16.0 Å². The van der Waals surface area contributed by atoms with Gasteiger partial charge in [-0.2, -0.15) is 0 Å². The number of hydrogen-bond acceptors (Lipinski definition) is 5. The molecule has 1 amide bonds. The summed E-state index contributed by atoms with van der Waals surface area (Å²) in [5.41, 5.74) is -0.222. The first-order valence-electron chi connectivity index (χ1n) is 6.35. The van der Waals surface area contributed by atoms with Gasteiger partial charge in [0.1, 0.15) is 0 Å². The van der Waals surface area contributed by atoms with Gasteiger partial charge in [-0.15, -0.1) is 0 Å². The Kier molecular flexibility index (Phi) is 3.89. The summed E-state index contributed by atoms with van der Waals surface area (Å²) >= 11 is 0. The molecule has 7 nitrogen and oxygen atoms in total. The zero-order valence-corrected chi connectivity index (χ0v) is 11.0. The maximum Gasteiger partial charge on any atom is 0.310 e. The highest BCUT2D eigenvalue weighted by Crippen LogP contribution is 2.27. The van der Waals surface area contributed by atoms with Gasteiger partial charge in [-0.05, 0) is 24.5 Å². The number of phenolic OH excluding ortho intramolecular Hbond substituents is 1. The highest BCUT2D eigenvalue weighted by Gasteiger charge is 2.28. The smallest absolute Gasteiger partial charge is 0.310 e. The van der Waals surface area contributed by atoms with Crippen LogP contribution in [0.5, 0.6) is 5.75 Å². The van der Waals surface area contributed by atoms with Crippen LogP contribution in [-0.2, 0) is 0 Å². The van der Waals surface area contributed by atoms with Crippen molar-refractivity contribution in [3.05, 3.63) is 33.9 Å². The van der Waals surface area contributed by atoms with Gasteiger partial charge in [-0.1, -0.05) is 6.92 Å². The Hall–Kier alpha value is -2.15. The molecule has 0 aromatic heterocycles. The van der Waals surface area contributed by atoms with Crippen molar-refractivity contribution in [2.75, 3.05) is 13.1 Å². The van der Waals surface area contributed by atoms with Crippen molar-refractivity contribution in [2.24, 2.45) is 5.92 Å². The molecule has 2 rings (SSSR count). The molecule has 1 aromatic rings. The molecule has 1 saturated heterocycles. The van der Waals surface area contributed by atoms with Crippen LogP contribution < -0.4 is 0 Å². The second-order valence-corrected chi connectivity index (χ2v) is 5.05. The van der Waals surface area contributed by atoms with E-state index in [9.17, 15) is 25.1 Å². The fraction of sp³-hybridized carbons (Fsp3) is 0.462. The molecule has 1 fully saturated rings. The molecule has 1 aliphatic rings. The van der Waals surface area contributed by atoms with E-state index >= 15 is 0 Å². The first-order valence-corrected chi connectivity index (χ1v) is 6.35. The number of likely N-dealkylation sites (tertiary alicyclic amines) is 1. The zero-order chi connectivity index (χ0) is 14.9. The second kappa shape index (κ2) is 5.46. The van der Waals surface area contributed by atoms with Gasteiger partial charge in [-0.3, -0.25) is 14.9 Å². The van der Waals surface area contributed by atoms with Crippen molar-refractivity contribution in [3.8, 4) is 5.75 Å². The van der Waals surface area contributed by atoms with E-state index in [4.69, 9.17) is 0 Å². The lowest BCUT2D eigenvalue weighted by molar-refractivity contribution is -0.385. The number of phenols is 1. The summed E-state index contributed by atoms with van der Waals surface area (Å²) in [5.74, 6) is -0.834. The minimum atomic E-state index is -0.705. The molecule has 2 atom stereocenters. The largest absolute Gasteiger partial charge is 0.502 e. The molecule has 2 N–H and O–H groups in total. The third-order valence-corrected chi connectivity index (χ3v) is 3.57. The third-order valence-electron chi connectivity index (χ3n) is 3.57. The summed E-state index contributed by atoms with van der Waals surface area (Å²) in [5, 5.41) is 29.8. The van der Waals surface area contributed by atoms with E-state index in [1.165, 1.54) is 6.07 Å². The Morgan fingerprint density at radius 1 is 1.50 bits per heavy atom. The number of amides is 1. The standard InChI is InChI=1S/C13H16N2O5/c1-8-7-14(5-4-11(8)16)13(18)9-2-3-10(15(19)20)12(17)6-9/h2-3,6,8,11,16-17H,4-5,7H2,1H3. The van der Waals surface area contributed by atoms with Crippen LogP contribution in [0.1, 0.15) is 23.7 Å². The molecule has 0 bridgehead atoms. The van der Waals surface area contributed by atoms with Crippen LogP contribution >= 0.6 is 0 Å². The van der Waals surface area contributed by atoms with Crippen LogP contribution in [0.2, 0.25) is 0 Å². The summed E-state index contributed by atoms with van der Waals surface area (Å²) in [6.45, 7) is 2.72. The minimum absolute atomic E-state index is 0.0145. The Morgan fingerprint density at radius 2 is 2.20 bits per heavy atom. The number of aliphatic hydroxyl groups excluding tert-OH is 1. The van der Waals surface area contributed by atoms with Gasteiger partial charge >= 0.3 is 5.69 Å². The van der Waals surface area contributed by atoms with Crippen molar-refractivity contribution < 1.29 is 19.9 Å². The molecule has 0 aliphatic carbocycles. The first-order chi connectivity index (χ1) is 9.40. The van der Waals surface area contributed by atoms with Gasteiger partial charge in [0, 0.05) is 24.7 Å². The molecule has 0 saturated carbocycles. The van der Waals surface area contributed by atoms with Crippen molar-refractivity contribution in [3.63, 3.8) is 0 Å². The SMILES string of the molecule is CC1CN(C(=O)c2ccc([N+](=O)[O-])c(O)c2)CCC1O. The normalized spacial score (nSPS) is 22.6. The predicted molar refractivity (Wildman–Crippen MR) is 70.5 cm³/mol. The van der Waals surface area contributed by atoms with Crippen LogP contribution in [0.25, 0.3) is 0 Å². The van der Waals surface area contributed by atoms with E-state index < -0.39 is 22.5 Å². The van der Waals surface area contributed by atoms with Crippen molar-refractivity contribution in [1.29, 1.82) is 0 Å². The molecule has 1 aliphatic heterocycles. The van der Waals surface area contributed by atoms with E-state index in [-0.39, 0.29) is 17.4 Å². The third kappa shape index (κ3) is 2.72. The van der Waals surface area contributed by atoms with Crippen molar-refractivity contribution >= 4 is 11.6 Å². The van der Waals surface area contributed by atoms with Crippen LogP contribution in [0.3, 0.4) is 0 Å². The summed E-state index contributed by atoms with van der Waals surface area (Å²) in [6.07, 6.45) is 0.0932. The van der Waals surface area contributed by atoms with Crippen LogP contribution in [0.15, 0.2) is 18.2 Å². The summed E-state index contributed by atoms with van der Waals surface area (Å²) in [6, 6.07) is 3.55. The molecule has 108 valence electrons. The Labute approximate surface area is 115 Å². The molecule has 1 heterocycles. The lowest BCUT2D eigenvalue weighted by Crippen LogP contribution is -2.44. The Bertz CT molecular complexity index is 546. The number of aliphatic hydroxyl groups is 1. The van der Waals surface area contributed by atoms with Crippen LogP contribution in [0.4, 0.5) is 5.69 Å². The van der Waals surface area contributed by atoms with Gasteiger partial charge in [-0.25, -0.2) is 0 Å². The highest BCUT2D eigenvalue weighted by atomic mass is 16.6. The monoisotopic (exact) mass is 280 g/mol. The van der Waals surface area contributed by atoms with E-state index in [1.807, 2.05) is 6.92 Å². The molecule has 7 heteroatoms. The number of aromatic hydroxyl groups is 1. The Balaban J connectivity index is 2.17. The number of nitro groups is 1. The average molecular weight is 280 g/mol. The van der Waals surface area contributed by atoms with E-state index in [1.54, 1.807) is 4.90 Å². The number of rotatable bonds is 2. The molecule has 0 spiro atoms. The molecule has 20 heavy (non-hydrogen) atoms. The molecule has 0 radical (unpaired) electrons. The van der Waals surface area contributed by atoms with Crippen molar-refractivity contribution in [2.45, 2.75) is 19.4 Å². The number of hydrogen-bond donors (Lipinski definition) is 2. The van der Waals surface area contributed by atoms with Gasteiger partial charge in [0.05, 0.1) is 11.0 Å². The lowest BCUT2D eigenvalue weighted by atomic mass is 9.96. The minimum Gasteiger partial charge on any atom is -0.502 e.